The minimum atomic E-state index is -0.0609. The normalized spacial score (nSPS) is 12.7. The van der Waals surface area contributed by atoms with Gasteiger partial charge in [-0.05, 0) is 24.6 Å². The van der Waals surface area contributed by atoms with E-state index in [9.17, 15) is 0 Å². The average molecular weight is 266 g/mol. The van der Waals surface area contributed by atoms with Crippen LogP contribution in [0.15, 0.2) is 34.9 Å². The van der Waals surface area contributed by atoms with Crippen LogP contribution in [0, 0.1) is 0 Å². The van der Waals surface area contributed by atoms with E-state index >= 15 is 0 Å². The summed E-state index contributed by atoms with van der Waals surface area (Å²) in [4.78, 5) is 7.42. The highest BCUT2D eigenvalue weighted by atomic mass is 79.9. The van der Waals surface area contributed by atoms with Crippen molar-refractivity contribution < 1.29 is 0 Å². The van der Waals surface area contributed by atoms with Gasteiger partial charge in [-0.15, -0.1) is 0 Å². The maximum atomic E-state index is 5.73. The molecule has 0 fully saturated rings. The van der Waals surface area contributed by atoms with E-state index in [1.165, 1.54) is 0 Å². The fraction of sp³-hybridized carbons (Fsp3) is 0.182. The summed E-state index contributed by atoms with van der Waals surface area (Å²) < 4.78 is 1.07. The highest BCUT2D eigenvalue weighted by Gasteiger charge is 2.05. The number of H-pyrrole nitrogens is 1. The summed E-state index contributed by atoms with van der Waals surface area (Å²) in [6.45, 7) is 1.91. The van der Waals surface area contributed by atoms with E-state index in [0.29, 0.717) is 0 Å². The maximum absolute atomic E-state index is 5.73. The maximum Gasteiger partial charge on any atom is 0.123 e. The second kappa shape index (κ2) is 4.16. The van der Waals surface area contributed by atoms with E-state index < -0.39 is 0 Å². The molecule has 2 rings (SSSR count). The Hall–Kier alpha value is -1.13. The molecular formula is C11H12BrN3. The zero-order valence-corrected chi connectivity index (χ0v) is 9.95. The number of nitrogens with zero attached hydrogens (tertiary/aromatic N) is 1. The molecule has 4 heteroatoms. The number of benzene rings is 1. The molecule has 0 radical (unpaired) electrons. The first-order chi connectivity index (χ1) is 7.16. The molecule has 3 N–H and O–H groups in total. The average Bonchev–Trinajstić information content (AvgIpc) is 2.68. The number of aromatic amines is 1. The molecule has 0 aliphatic heterocycles. The van der Waals surface area contributed by atoms with Crippen LogP contribution in [0.5, 0.6) is 0 Å². The van der Waals surface area contributed by atoms with Gasteiger partial charge in [-0.2, -0.15) is 0 Å². The highest BCUT2D eigenvalue weighted by Crippen LogP contribution is 2.20. The van der Waals surface area contributed by atoms with Crippen LogP contribution in [0.3, 0.4) is 0 Å². The van der Waals surface area contributed by atoms with Crippen molar-refractivity contribution in [3.05, 3.63) is 40.8 Å². The number of hydrogen-bond donors (Lipinski definition) is 2. The van der Waals surface area contributed by atoms with Crippen LogP contribution in [0.1, 0.15) is 18.8 Å². The van der Waals surface area contributed by atoms with Crippen molar-refractivity contribution in [3.8, 4) is 11.3 Å². The zero-order valence-electron chi connectivity index (χ0n) is 8.37. The topological polar surface area (TPSA) is 54.7 Å². The lowest BCUT2D eigenvalue weighted by Gasteiger charge is -2.00. The van der Waals surface area contributed by atoms with Crippen LogP contribution in [-0.2, 0) is 0 Å². The number of halogens is 1. The van der Waals surface area contributed by atoms with Crippen molar-refractivity contribution in [1.29, 1.82) is 0 Å². The summed E-state index contributed by atoms with van der Waals surface area (Å²) in [6, 6.07) is 8.00. The smallest absolute Gasteiger partial charge is 0.123 e. The van der Waals surface area contributed by atoms with Gasteiger partial charge in [0.2, 0.25) is 0 Å². The Bertz CT molecular complexity index is 445. The lowest BCUT2D eigenvalue weighted by Crippen LogP contribution is -2.06. The molecule has 78 valence electrons. The molecular weight excluding hydrogens is 254 g/mol. The van der Waals surface area contributed by atoms with Crippen molar-refractivity contribution >= 4 is 15.9 Å². The summed E-state index contributed by atoms with van der Waals surface area (Å²) in [5.74, 6) is 0.813. The van der Waals surface area contributed by atoms with Crippen LogP contribution in [0.25, 0.3) is 11.3 Å². The van der Waals surface area contributed by atoms with Crippen LogP contribution in [0.4, 0.5) is 0 Å². The predicted octanol–water partition coefficient (Wildman–Crippen LogP) is 2.86. The van der Waals surface area contributed by atoms with Gasteiger partial charge in [-0.25, -0.2) is 4.98 Å². The van der Waals surface area contributed by atoms with E-state index in [0.717, 1.165) is 21.6 Å². The molecule has 3 nitrogen and oxygen atoms in total. The quantitative estimate of drug-likeness (QED) is 0.878. The number of aromatic nitrogens is 2. The van der Waals surface area contributed by atoms with E-state index in [1.54, 1.807) is 0 Å². The van der Waals surface area contributed by atoms with E-state index in [-0.39, 0.29) is 6.04 Å². The molecule has 0 amide bonds. The molecule has 0 aliphatic carbocycles. The second-order valence-electron chi connectivity index (χ2n) is 3.48. The molecule has 0 aliphatic rings. The predicted molar refractivity (Wildman–Crippen MR) is 64.3 cm³/mol. The monoisotopic (exact) mass is 265 g/mol. The van der Waals surface area contributed by atoms with E-state index in [2.05, 4.69) is 25.9 Å². The van der Waals surface area contributed by atoms with Gasteiger partial charge in [0.1, 0.15) is 5.82 Å². The van der Waals surface area contributed by atoms with Gasteiger partial charge >= 0.3 is 0 Å². The Balaban J connectivity index is 2.33. The first-order valence-electron chi connectivity index (χ1n) is 4.73. The van der Waals surface area contributed by atoms with Gasteiger partial charge in [0, 0.05) is 4.47 Å². The molecule has 0 saturated heterocycles. The van der Waals surface area contributed by atoms with Crippen LogP contribution in [0.2, 0.25) is 0 Å². The fourth-order valence-electron chi connectivity index (χ4n) is 1.34. The van der Waals surface area contributed by atoms with Gasteiger partial charge in [-0.3, -0.25) is 0 Å². The number of nitrogens with one attached hydrogen (secondary N) is 1. The lowest BCUT2D eigenvalue weighted by atomic mass is 10.2. The number of rotatable bonds is 2. The molecule has 15 heavy (non-hydrogen) atoms. The van der Waals surface area contributed by atoms with Gasteiger partial charge < -0.3 is 10.7 Å². The van der Waals surface area contributed by atoms with Crippen molar-refractivity contribution in [2.75, 3.05) is 0 Å². The molecule has 1 aromatic heterocycles. The fourth-order valence-corrected chi connectivity index (χ4v) is 1.61. The largest absolute Gasteiger partial charge is 0.341 e. The number of imidazole rings is 1. The summed E-state index contributed by atoms with van der Waals surface area (Å²) in [6.07, 6.45) is 1.81. The third-order valence-electron chi connectivity index (χ3n) is 2.18. The van der Waals surface area contributed by atoms with E-state index in [1.807, 2.05) is 37.4 Å². The SMILES string of the molecule is C[C@@H](N)c1ncc(-c2ccc(Br)cc2)[nH]1. The molecule has 1 atom stereocenters. The standard InChI is InChI=1S/C11H12BrN3/c1-7(13)11-14-6-10(15-11)8-2-4-9(12)5-3-8/h2-7H,13H2,1H3,(H,14,15)/t7-/m1/s1. The lowest BCUT2D eigenvalue weighted by molar-refractivity contribution is 0.756. The Morgan fingerprint density at radius 3 is 2.53 bits per heavy atom. The summed E-state index contributed by atoms with van der Waals surface area (Å²) in [5.41, 5.74) is 7.83. The third kappa shape index (κ3) is 2.27. The highest BCUT2D eigenvalue weighted by molar-refractivity contribution is 9.10. The number of nitrogens with two attached hydrogens (primary N) is 1. The number of hydrogen-bond acceptors (Lipinski definition) is 2. The molecule has 1 heterocycles. The van der Waals surface area contributed by atoms with E-state index in [4.69, 9.17) is 5.73 Å². The minimum absolute atomic E-state index is 0.0609. The van der Waals surface area contributed by atoms with Crippen molar-refractivity contribution in [3.63, 3.8) is 0 Å². The summed E-state index contributed by atoms with van der Waals surface area (Å²) in [7, 11) is 0. The molecule has 0 unspecified atom stereocenters. The molecule has 1 aromatic carbocycles. The third-order valence-corrected chi connectivity index (χ3v) is 2.71. The first-order valence-corrected chi connectivity index (χ1v) is 5.52. The van der Waals surface area contributed by atoms with Crippen molar-refractivity contribution in [1.82, 2.24) is 9.97 Å². The summed E-state index contributed by atoms with van der Waals surface area (Å²) >= 11 is 3.40. The van der Waals surface area contributed by atoms with Crippen molar-refractivity contribution in [2.24, 2.45) is 5.73 Å². The van der Waals surface area contributed by atoms with Crippen LogP contribution < -0.4 is 5.73 Å². The van der Waals surface area contributed by atoms with Crippen LogP contribution >= 0.6 is 15.9 Å². The molecule has 0 spiro atoms. The first kappa shape index (κ1) is 10.4. The Morgan fingerprint density at radius 1 is 1.33 bits per heavy atom. The van der Waals surface area contributed by atoms with Gasteiger partial charge in [-0.1, -0.05) is 28.1 Å². The van der Waals surface area contributed by atoms with Gasteiger partial charge in [0.25, 0.3) is 0 Å². The van der Waals surface area contributed by atoms with Gasteiger partial charge in [0.15, 0.2) is 0 Å². The Kier molecular flexibility index (Phi) is 2.88. The summed E-state index contributed by atoms with van der Waals surface area (Å²) in [5, 5.41) is 0. The zero-order chi connectivity index (χ0) is 10.8. The minimum Gasteiger partial charge on any atom is -0.341 e. The van der Waals surface area contributed by atoms with Gasteiger partial charge in [0.05, 0.1) is 17.9 Å². The second-order valence-corrected chi connectivity index (χ2v) is 4.39. The van der Waals surface area contributed by atoms with Crippen LogP contribution in [-0.4, -0.2) is 9.97 Å². The van der Waals surface area contributed by atoms with Crippen molar-refractivity contribution in [2.45, 2.75) is 13.0 Å². The molecule has 0 bridgehead atoms. The Labute approximate surface area is 96.9 Å². The molecule has 2 aromatic rings. The molecule has 0 saturated carbocycles. The Morgan fingerprint density at radius 2 is 2.00 bits per heavy atom.